The lowest BCUT2D eigenvalue weighted by molar-refractivity contribution is 0.240. The van der Waals surface area contributed by atoms with Crippen LogP contribution >= 0.6 is 0 Å². The van der Waals surface area contributed by atoms with E-state index in [2.05, 4.69) is 15.8 Å². The van der Waals surface area contributed by atoms with Crippen molar-refractivity contribution >= 4 is 6.03 Å². The Morgan fingerprint density at radius 3 is 2.28 bits per heavy atom. The third-order valence-corrected chi connectivity index (χ3v) is 4.59. The standard InChI is InChI=1S/C22H21N5O2/c1-16-19(15-29-26-16)13-24-22(28)23-12-18-14-27(20-10-6-3-7-11-20)25-21(18)17-8-4-2-5-9-17/h2-11,14-15H,12-13H2,1H3,(H2,23,24,28). The molecule has 0 unspecified atom stereocenters. The molecule has 4 aromatic rings. The van der Waals surface area contributed by atoms with Gasteiger partial charge in [-0.05, 0) is 19.1 Å². The molecule has 2 N–H and O–H groups in total. The van der Waals surface area contributed by atoms with Crippen molar-refractivity contribution in [3.63, 3.8) is 0 Å². The quantitative estimate of drug-likeness (QED) is 0.526. The highest BCUT2D eigenvalue weighted by molar-refractivity contribution is 5.74. The summed E-state index contributed by atoms with van der Waals surface area (Å²) in [7, 11) is 0. The molecule has 4 rings (SSSR count). The van der Waals surface area contributed by atoms with E-state index in [1.807, 2.05) is 78.5 Å². The van der Waals surface area contributed by atoms with Gasteiger partial charge in [-0.2, -0.15) is 5.10 Å². The highest BCUT2D eigenvalue weighted by atomic mass is 16.5. The molecule has 0 atom stereocenters. The first-order valence-electron chi connectivity index (χ1n) is 9.31. The first-order valence-corrected chi connectivity index (χ1v) is 9.31. The number of urea groups is 1. The van der Waals surface area contributed by atoms with E-state index in [-0.39, 0.29) is 6.03 Å². The van der Waals surface area contributed by atoms with E-state index in [0.29, 0.717) is 13.1 Å². The summed E-state index contributed by atoms with van der Waals surface area (Å²) in [5.74, 6) is 0. The number of hydrogen-bond acceptors (Lipinski definition) is 4. The highest BCUT2D eigenvalue weighted by Crippen LogP contribution is 2.23. The molecule has 0 aliphatic heterocycles. The molecule has 2 amide bonds. The minimum absolute atomic E-state index is 0.267. The fourth-order valence-corrected chi connectivity index (χ4v) is 2.99. The summed E-state index contributed by atoms with van der Waals surface area (Å²) in [5.41, 5.74) is 5.34. The molecule has 146 valence electrons. The Bertz CT molecular complexity index is 1090. The predicted molar refractivity (Wildman–Crippen MR) is 109 cm³/mol. The van der Waals surface area contributed by atoms with Gasteiger partial charge in [0, 0.05) is 36.0 Å². The molecule has 7 nitrogen and oxygen atoms in total. The molecule has 0 saturated heterocycles. The van der Waals surface area contributed by atoms with Crippen molar-refractivity contribution in [1.29, 1.82) is 0 Å². The van der Waals surface area contributed by atoms with Gasteiger partial charge in [0.25, 0.3) is 0 Å². The summed E-state index contributed by atoms with van der Waals surface area (Å²) in [6.45, 7) is 2.55. The summed E-state index contributed by atoms with van der Waals surface area (Å²) in [6, 6.07) is 19.6. The Morgan fingerprint density at radius 2 is 1.62 bits per heavy atom. The lowest BCUT2D eigenvalue weighted by Gasteiger charge is -2.07. The van der Waals surface area contributed by atoms with Gasteiger partial charge in [0.15, 0.2) is 0 Å². The maximum absolute atomic E-state index is 12.2. The Kier molecular flexibility index (Phi) is 5.38. The molecular formula is C22H21N5O2. The lowest BCUT2D eigenvalue weighted by Crippen LogP contribution is -2.34. The Labute approximate surface area is 168 Å². The number of nitrogens with one attached hydrogen (secondary N) is 2. The summed E-state index contributed by atoms with van der Waals surface area (Å²) in [4.78, 5) is 12.2. The summed E-state index contributed by atoms with van der Waals surface area (Å²) < 4.78 is 6.71. The lowest BCUT2D eigenvalue weighted by atomic mass is 10.1. The first kappa shape index (κ1) is 18.5. The van der Waals surface area contributed by atoms with E-state index in [0.717, 1.165) is 33.8 Å². The number of aryl methyl sites for hydroxylation is 1. The average Bonchev–Trinajstić information content (AvgIpc) is 3.38. The highest BCUT2D eigenvalue weighted by Gasteiger charge is 2.13. The topological polar surface area (TPSA) is 85.0 Å². The molecule has 0 aliphatic carbocycles. The normalized spacial score (nSPS) is 10.7. The van der Waals surface area contributed by atoms with Crippen molar-refractivity contribution in [2.24, 2.45) is 0 Å². The maximum Gasteiger partial charge on any atom is 0.315 e. The van der Waals surface area contributed by atoms with Crippen molar-refractivity contribution in [3.8, 4) is 16.9 Å². The predicted octanol–water partition coefficient (Wildman–Crippen LogP) is 3.84. The Hall–Kier alpha value is -3.87. The van der Waals surface area contributed by atoms with Gasteiger partial charge >= 0.3 is 6.03 Å². The van der Waals surface area contributed by atoms with Crippen LogP contribution < -0.4 is 10.6 Å². The van der Waals surface area contributed by atoms with Gasteiger partial charge in [0.1, 0.15) is 6.26 Å². The van der Waals surface area contributed by atoms with Crippen LogP contribution in [0.3, 0.4) is 0 Å². The van der Waals surface area contributed by atoms with Crippen LogP contribution in [0.1, 0.15) is 16.8 Å². The third-order valence-electron chi connectivity index (χ3n) is 4.59. The molecule has 2 aromatic heterocycles. The Balaban J connectivity index is 1.50. The molecule has 29 heavy (non-hydrogen) atoms. The van der Waals surface area contributed by atoms with Crippen LogP contribution in [0.25, 0.3) is 16.9 Å². The molecule has 2 heterocycles. The van der Waals surface area contributed by atoms with Crippen LogP contribution in [0.2, 0.25) is 0 Å². The number of para-hydroxylation sites is 1. The molecule has 0 bridgehead atoms. The van der Waals surface area contributed by atoms with Gasteiger partial charge in [-0.15, -0.1) is 0 Å². The van der Waals surface area contributed by atoms with Crippen molar-refractivity contribution < 1.29 is 9.32 Å². The number of benzene rings is 2. The SMILES string of the molecule is Cc1nocc1CNC(=O)NCc1cn(-c2ccccc2)nc1-c1ccccc1. The van der Waals surface area contributed by atoms with Gasteiger partial charge in [0.2, 0.25) is 0 Å². The largest absolute Gasteiger partial charge is 0.364 e. The second kappa shape index (κ2) is 8.43. The van der Waals surface area contributed by atoms with Crippen LogP contribution in [-0.2, 0) is 13.1 Å². The van der Waals surface area contributed by atoms with Gasteiger partial charge in [0.05, 0.1) is 17.1 Å². The summed E-state index contributed by atoms with van der Waals surface area (Å²) in [6.07, 6.45) is 3.48. The smallest absolute Gasteiger partial charge is 0.315 e. The number of amides is 2. The number of carbonyl (C=O) groups is 1. The fourth-order valence-electron chi connectivity index (χ4n) is 2.99. The van der Waals surface area contributed by atoms with E-state index in [1.165, 1.54) is 6.26 Å². The Morgan fingerprint density at radius 1 is 0.966 bits per heavy atom. The second-order valence-electron chi connectivity index (χ2n) is 6.61. The van der Waals surface area contributed by atoms with Gasteiger partial charge in [-0.1, -0.05) is 53.7 Å². The van der Waals surface area contributed by atoms with Gasteiger partial charge in [-0.3, -0.25) is 0 Å². The molecular weight excluding hydrogens is 366 g/mol. The van der Waals surface area contributed by atoms with Gasteiger partial charge in [-0.25, -0.2) is 9.48 Å². The van der Waals surface area contributed by atoms with Crippen molar-refractivity contribution in [2.75, 3.05) is 0 Å². The van der Waals surface area contributed by atoms with Crippen molar-refractivity contribution in [3.05, 3.63) is 89.9 Å². The molecule has 0 fully saturated rings. The molecule has 0 radical (unpaired) electrons. The number of carbonyl (C=O) groups excluding carboxylic acids is 1. The molecule has 2 aromatic carbocycles. The minimum atomic E-state index is -0.267. The summed E-state index contributed by atoms with van der Waals surface area (Å²) in [5, 5.41) is 14.3. The number of aromatic nitrogens is 3. The maximum atomic E-state index is 12.2. The summed E-state index contributed by atoms with van der Waals surface area (Å²) >= 11 is 0. The van der Waals surface area contributed by atoms with Crippen LogP contribution in [0.15, 0.2) is 77.6 Å². The zero-order valence-electron chi connectivity index (χ0n) is 16.0. The number of hydrogen-bond donors (Lipinski definition) is 2. The van der Waals surface area contributed by atoms with E-state index >= 15 is 0 Å². The molecule has 0 aliphatic rings. The molecule has 0 saturated carbocycles. The molecule has 0 spiro atoms. The van der Waals surface area contributed by atoms with E-state index in [9.17, 15) is 4.79 Å². The van der Waals surface area contributed by atoms with E-state index in [1.54, 1.807) is 0 Å². The van der Waals surface area contributed by atoms with Crippen LogP contribution in [0.5, 0.6) is 0 Å². The minimum Gasteiger partial charge on any atom is -0.364 e. The number of nitrogens with zero attached hydrogens (tertiary/aromatic N) is 3. The van der Waals surface area contributed by atoms with Crippen molar-refractivity contribution in [1.82, 2.24) is 25.6 Å². The third kappa shape index (κ3) is 4.35. The zero-order chi connectivity index (χ0) is 20.1. The fraction of sp³-hybridized carbons (Fsp3) is 0.136. The second-order valence-corrected chi connectivity index (χ2v) is 6.61. The van der Waals surface area contributed by atoms with Crippen LogP contribution in [0, 0.1) is 6.92 Å². The van der Waals surface area contributed by atoms with Crippen LogP contribution in [0.4, 0.5) is 4.79 Å². The monoisotopic (exact) mass is 387 g/mol. The van der Waals surface area contributed by atoms with Crippen molar-refractivity contribution in [2.45, 2.75) is 20.0 Å². The number of rotatable bonds is 6. The van der Waals surface area contributed by atoms with Gasteiger partial charge < -0.3 is 15.2 Å². The van der Waals surface area contributed by atoms with E-state index in [4.69, 9.17) is 9.62 Å². The molecule has 7 heteroatoms. The average molecular weight is 387 g/mol. The first-order chi connectivity index (χ1) is 14.2. The van der Waals surface area contributed by atoms with Crippen LogP contribution in [-0.4, -0.2) is 21.0 Å². The zero-order valence-corrected chi connectivity index (χ0v) is 16.0. The van der Waals surface area contributed by atoms with E-state index < -0.39 is 0 Å².